The van der Waals surface area contributed by atoms with Gasteiger partial charge in [0.05, 0.1) is 18.2 Å². The number of hydrogen-bond donors (Lipinski definition) is 3. The van der Waals surface area contributed by atoms with Gasteiger partial charge < -0.3 is 35.2 Å². The maximum Gasteiger partial charge on any atom is 0.272 e. The van der Waals surface area contributed by atoms with Gasteiger partial charge in [-0.3, -0.25) is 4.79 Å². The third-order valence-electron chi connectivity index (χ3n) is 10.3. The van der Waals surface area contributed by atoms with E-state index in [0.29, 0.717) is 47.4 Å². The number of benzene rings is 2. The topological polar surface area (TPSA) is 157 Å². The number of nitrogen functional groups attached to an aromatic ring is 1. The lowest BCUT2D eigenvalue weighted by atomic mass is 9.83. The van der Waals surface area contributed by atoms with Crippen molar-refractivity contribution in [3.05, 3.63) is 78.4 Å². The number of para-hydroxylation sites is 1. The number of fused-ring (bicyclic) bond motifs is 2. The van der Waals surface area contributed by atoms with E-state index in [9.17, 15) is 4.79 Å². The van der Waals surface area contributed by atoms with Crippen molar-refractivity contribution < 1.29 is 9.53 Å². The summed E-state index contributed by atoms with van der Waals surface area (Å²) < 4.78 is 12.2. The maximum absolute atomic E-state index is 13.4. The largest absolute Gasteiger partial charge is 0.495 e. The Morgan fingerprint density at radius 2 is 1.86 bits per heavy atom. The molecule has 1 aliphatic rings. The summed E-state index contributed by atoms with van der Waals surface area (Å²) in [6, 6.07) is 15.9. The second kappa shape index (κ2) is 13.9. The molecule has 1 fully saturated rings. The molecule has 4 aromatic heterocycles. The summed E-state index contributed by atoms with van der Waals surface area (Å²) in [7, 11) is 3.50. The Morgan fingerprint density at radius 3 is 2.60 bits per heavy atom. The summed E-state index contributed by atoms with van der Waals surface area (Å²) in [6.07, 6.45) is 10.0. The first kappa shape index (κ1) is 33.3. The highest BCUT2D eigenvalue weighted by molar-refractivity contribution is 6.07. The van der Waals surface area contributed by atoms with Crippen LogP contribution in [0.4, 0.5) is 11.5 Å². The first-order chi connectivity index (χ1) is 24.3. The molecule has 0 radical (unpaired) electrons. The van der Waals surface area contributed by atoms with Gasteiger partial charge in [0.25, 0.3) is 5.91 Å². The predicted molar refractivity (Wildman–Crippen MR) is 197 cm³/mol. The van der Waals surface area contributed by atoms with Crippen LogP contribution in [0.25, 0.3) is 33.1 Å². The Bertz CT molecular complexity index is 2150. The number of rotatable bonds is 11. The molecule has 7 rings (SSSR count). The Labute approximate surface area is 291 Å². The molecule has 0 spiro atoms. The lowest BCUT2D eigenvalue weighted by Crippen LogP contribution is -2.20. The fourth-order valence-corrected chi connectivity index (χ4v) is 7.64. The van der Waals surface area contributed by atoms with Gasteiger partial charge in [-0.15, -0.1) is 10.2 Å². The molecular weight excluding hydrogens is 628 g/mol. The minimum absolute atomic E-state index is 0.211. The summed E-state index contributed by atoms with van der Waals surface area (Å²) in [5, 5.41) is 13.9. The smallest absolute Gasteiger partial charge is 0.272 e. The van der Waals surface area contributed by atoms with E-state index in [-0.39, 0.29) is 5.91 Å². The number of carbonyl (C=O) groups excluding carboxylic acids is 1. The molecule has 1 amide bonds. The standard InChI is InChI=1S/C38H46N10O2/c1-23(2)36-45-44-33(47(36)18-17-39)16-11-24-9-13-27(14-10-24)48-21-28(34-35(40)41-22-42-37(34)48)25-12-15-29(32(20-25)50-4)43-38(49)31-19-26-7-5-6-8-30(26)46(31)3/h5-8,12,15,19-24,27H,9-11,13-14,16-18,39H2,1-4H3,(H,43,49)(H2,40,41,42)/t24-,27+. The average molecular weight is 675 g/mol. The van der Waals surface area contributed by atoms with Gasteiger partial charge in [0.2, 0.25) is 0 Å². The van der Waals surface area contributed by atoms with Crippen LogP contribution in [0.5, 0.6) is 5.75 Å². The van der Waals surface area contributed by atoms with Gasteiger partial charge >= 0.3 is 0 Å². The van der Waals surface area contributed by atoms with Gasteiger partial charge in [0.1, 0.15) is 40.9 Å². The molecule has 0 saturated heterocycles. The minimum Gasteiger partial charge on any atom is -0.495 e. The van der Waals surface area contributed by atoms with Crippen LogP contribution in [0.2, 0.25) is 0 Å². The van der Waals surface area contributed by atoms with Crippen molar-refractivity contribution in [1.82, 2.24) is 33.9 Å². The van der Waals surface area contributed by atoms with Crippen LogP contribution in [-0.4, -0.2) is 53.4 Å². The highest BCUT2D eigenvalue weighted by atomic mass is 16.5. The number of amides is 1. The molecule has 0 aliphatic heterocycles. The van der Waals surface area contributed by atoms with Crippen LogP contribution in [0.3, 0.4) is 0 Å². The van der Waals surface area contributed by atoms with Gasteiger partial charge in [0, 0.05) is 61.2 Å². The first-order valence-corrected chi connectivity index (χ1v) is 17.5. The van der Waals surface area contributed by atoms with Crippen molar-refractivity contribution in [3.63, 3.8) is 0 Å². The van der Waals surface area contributed by atoms with E-state index in [4.69, 9.17) is 21.2 Å². The molecule has 0 bridgehead atoms. The average Bonchev–Trinajstić information content (AvgIpc) is 3.82. The Balaban J connectivity index is 1.09. The number of nitrogens with two attached hydrogens (primary N) is 2. The zero-order chi connectivity index (χ0) is 34.9. The number of methoxy groups -OCH3 is 1. The highest BCUT2D eigenvalue weighted by Crippen LogP contribution is 2.41. The van der Waals surface area contributed by atoms with Crippen molar-refractivity contribution in [2.24, 2.45) is 18.7 Å². The van der Waals surface area contributed by atoms with E-state index >= 15 is 0 Å². The molecule has 0 atom stereocenters. The molecule has 50 heavy (non-hydrogen) atoms. The third kappa shape index (κ3) is 6.19. The van der Waals surface area contributed by atoms with Gasteiger partial charge in [-0.1, -0.05) is 38.1 Å². The molecule has 1 aliphatic carbocycles. The lowest BCUT2D eigenvalue weighted by Gasteiger charge is -2.29. The molecule has 6 aromatic rings. The predicted octanol–water partition coefficient (Wildman–Crippen LogP) is 6.47. The number of carbonyl (C=O) groups is 1. The van der Waals surface area contributed by atoms with Crippen LogP contribution >= 0.6 is 0 Å². The Hall–Kier alpha value is -5.23. The molecule has 260 valence electrons. The van der Waals surface area contributed by atoms with Crippen LogP contribution < -0.4 is 21.5 Å². The van der Waals surface area contributed by atoms with E-state index < -0.39 is 0 Å². The number of nitrogens with one attached hydrogen (secondary N) is 1. The van der Waals surface area contributed by atoms with Crippen molar-refractivity contribution in [2.45, 2.75) is 70.9 Å². The van der Waals surface area contributed by atoms with Gasteiger partial charge in [-0.2, -0.15) is 0 Å². The second-order valence-electron chi connectivity index (χ2n) is 13.7. The molecule has 5 N–H and O–H groups in total. The summed E-state index contributed by atoms with van der Waals surface area (Å²) in [6.45, 7) is 5.63. The van der Waals surface area contributed by atoms with Gasteiger partial charge in [-0.05, 0) is 67.9 Å². The van der Waals surface area contributed by atoms with Crippen LogP contribution in [0, 0.1) is 5.92 Å². The summed E-state index contributed by atoms with van der Waals surface area (Å²) in [5.74, 6) is 3.78. The normalized spacial score (nSPS) is 16.4. The molecule has 12 heteroatoms. The van der Waals surface area contributed by atoms with Crippen molar-refractivity contribution in [1.29, 1.82) is 0 Å². The summed E-state index contributed by atoms with van der Waals surface area (Å²) >= 11 is 0. The zero-order valence-corrected chi connectivity index (χ0v) is 29.3. The Kier molecular flexibility index (Phi) is 9.28. The number of aromatic nitrogens is 7. The number of ether oxygens (including phenoxy) is 1. The van der Waals surface area contributed by atoms with Crippen LogP contribution in [-0.2, 0) is 20.0 Å². The number of hydrogen-bond acceptors (Lipinski definition) is 8. The zero-order valence-electron chi connectivity index (χ0n) is 29.3. The van der Waals surface area contributed by atoms with Crippen LogP contribution in [0.15, 0.2) is 61.1 Å². The molecule has 12 nitrogen and oxygen atoms in total. The lowest BCUT2D eigenvalue weighted by molar-refractivity contribution is 0.101. The van der Waals surface area contributed by atoms with E-state index in [1.54, 1.807) is 13.4 Å². The maximum atomic E-state index is 13.4. The molecule has 2 aromatic carbocycles. The van der Waals surface area contributed by atoms with Crippen molar-refractivity contribution >= 4 is 39.3 Å². The second-order valence-corrected chi connectivity index (χ2v) is 13.7. The van der Waals surface area contributed by atoms with Gasteiger partial charge in [-0.25, -0.2) is 9.97 Å². The van der Waals surface area contributed by atoms with E-state index in [1.165, 1.54) is 0 Å². The van der Waals surface area contributed by atoms with E-state index in [0.717, 1.165) is 89.8 Å². The number of anilines is 2. The third-order valence-corrected chi connectivity index (χ3v) is 10.3. The summed E-state index contributed by atoms with van der Waals surface area (Å²) in [4.78, 5) is 22.5. The Morgan fingerprint density at radius 1 is 1.06 bits per heavy atom. The molecule has 1 saturated carbocycles. The fourth-order valence-electron chi connectivity index (χ4n) is 7.64. The number of nitrogens with zero attached hydrogens (tertiary/aromatic N) is 7. The minimum atomic E-state index is -0.211. The molecule has 0 unspecified atom stereocenters. The van der Waals surface area contributed by atoms with E-state index in [1.807, 2.05) is 60.1 Å². The van der Waals surface area contributed by atoms with Crippen molar-refractivity contribution in [3.8, 4) is 16.9 Å². The first-order valence-electron chi connectivity index (χ1n) is 17.5. The van der Waals surface area contributed by atoms with E-state index in [2.05, 4.69) is 49.7 Å². The van der Waals surface area contributed by atoms with Crippen molar-refractivity contribution in [2.75, 3.05) is 24.7 Å². The molecule has 4 heterocycles. The fraction of sp³-hybridized carbons (Fsp3) is 0.395. The monoisotopic (exact) mass is 674 g/mol. The molecular formula is C38H46N10O2. The SMILES string of the molecule is COc1cc(-c2cn([C@H]3CC[C@@H](CCc4nnc(C(C)C)n4CCN)CC3)c3ncnc(N)c23)ccc1NC(=O)c1cc2ccccc2n1C. The van der Waals surface area contributed by atoms with Gasteiger partial charge in [0.15, 0.2) is 0 Å². The number of aryl methyl sites for hydroxylation is 2. The van der Waals surface area contributed by atoms with Crippen LogP contribution in [0.1, 0.15) is 80.0 Å². The summed E-state index contributed by atoms with van der Waals surface area (Å²) in [5.41, 5.74) is 17.2. The highest BCUT2D eigenvalue weighted by Gasteiger charge is 2.27. The quantitative estimate of drug-likeness (QED) is 0.141.